The zero-order valence-electron chi connectivity index (χ0n) is 21.5. The molecule has 4 aromatic rings. The van der Waals surface area contributed by atoms with E-state index in [0.717, 1.165) is 23.3 Å². The third-order valence-electron chi connectivity index (χ3n) is 6.33. The summed E-state index contributed by atoms with van der Waals surface area (Å²) in [4.78, 5) is 45.8. The molecule has 0 unspecified atom stereocenters. The molecule has 0 atom stereocenters. The summed E-state index contributed by atoms with van der Waals surface area (Å²) in [5.74, 6) is -1.04. The summed E-state index contributed by atoms with van der Waals surface area (Å²) in [7, 11) is 0. The number of esters is 2. The summed E-state index contributed by atoms with van der Waals surface area (Å²) < 4.78 is 10.7. The van der Waals surface area contributed by atoms with Gasteiger partial charge in [0.25, 0.3) is 11.4 Å². The summed E-state index contributed by atoms with van der Waals surface area (Å²) >= 11 is 11.6. The van der Waals surface area contributed by atoms with Crippen LogP contribution >= 0.6 is 23.2 Å². The van der Waals surface area contributed by atoms with E-state index in [9.17, 15) is 29.8 Å². The average Bonchev–Trinajstić information content (AvgIpc) is 2.93. The monoisotopic (exact) mass is 594 g/mol. The quantitative estimate of drug-likeness (QED) is 0.0880. The summed E-state index contributed by atoms with van der Waals surface area (Å²) in [5, 5.41) is 22.0. The van der Waals surface area contributed by atoms with E-state index >= 15 is 0 Å². The zero-order valence-corrected chi connectivity index (χ0v) is 23.0. The van der Waals surface area contributed by atoms with Crippen LogP contribution in [0.4, 0.5) is 11.4 Å². The van der Waals surface area contributed by atoms with Crippen LogP contribution < -0.4 is 9.47 Å². The molecule has 12 heteroatoms. The van der Waals surface area contributed by atoms with E-state index in [1.165, 1.54) is 24.3 Å². The Kier molecular flexibility index (Phi) is 8.36. The Morgan fingerprint density at radius 2 is 0.976 bits per heavy atom. The molecule has 0 heterocycles. The van der Waals surface area contributed by atoms with Crippen molar-refractivity contribution in [2.45, 2.75) is 19.3 Å². The molecule has 0 amide bonds. The first-order valence-electron chi connectivity index (χ1n) is 11.9. The molecule has 4 rings (SSSR count). The molecule has 0 saturated carbocycles. The van der Waals surface area contributed by atoms with Crippen molar-refractivity contribution >= 4 is 46.5 Å². The van der Waals surface area contributed by atoms with Crippen LogP contribution in [0.3, 0.4) is 0 Å². The highest BCUT2D eigenvalue weighted by Gasteiger charge is 2.24. The second-order valence-electron chi connectivity index (χ2n) is 9.30. The van der Waals surface area contributed by atoms with Gasteiger partial charge in [-0.15, -0.1) is 0 Å². The number of carbonyl (C=O) groups excluding carboxylic acids is 2. The van der Waals surface area contributed by atoms with Gasteiger partial charge in [0, 0.05) is 17.5 Å². The lowest BCUT2D eigenvalue weighted by Gasteiger charge is -2.26. The number of nitro groups is 2. The predicted octanol–water partition coefficient (Wildman–Crippen LogP) is 7.57. The van der Waals surface area contributed by atoms with Gasteiger partial charge in [0.05, 0.1) is 21.0 Å². The molecule has 0 radical (unpaired) electrons. The fourth-order valence-corrected chi connectivity index (χ4v) is 4.31. The lowest BCUT2D eigenvalue weighted by atomic mass is 9.78. The van der Waals surface area contributed by atoms with Crippen LogP contribution in [-0.2, 0) is 5.41 Å². The van der Waals surface area contributed by atoms with Gasteiger partial charge in [-0.25, -0.2) is 9.59 Å². The topological polar surface area (TPSA) is 139 Å². The highest BCUT2D eigenvalue weighted by Crippen LogP contribution is 2.34. The molecule has 10 nitrogen and oxygen atoms in total. The van der Waals surface area contributed by atoms with E-state index in [1.807, 2.05) is 13.8 Å². The fraction of sp³-hybridized carbons (Fsp3) is 0.103. The maximum Gasteiger partial charge on any atom is 0.343 e. The van der Waals surface area contributed by atoms with Crippen LogP contribution in [0.5, 0.6) is 11.5 Å². The summed E-state index contributed by atoms with van der Waals surface area (Å²) in [6, 6.07) is 20.9. The lowest BCUT2D eigenvalue weighted by Crippen LogP contribution is -2.19. The molecule has 0 aliphatic rings. The van der Waals surface area contributed by atoms with Crippen LogP contribution in [-0.4, -0.2) is 21.8 Å². The van der Waals surface area contributed by atoms with Crippen LogP contribution in [0.15, 0.2) is 84.9 Å². The number of hydrogen-bond acceptors (Lipinski definition) is 8. The maximum atomic E-state index is 12.5. The minimum Gasteiger partial charge on any atom is -0.423 e. The van der Waals surface area contributed by atoms with Gasteiger partial charge in [-0.1, -0.05) is 61.3 Å². The molecule has 0 spiro atoms. The smallest absolute Gasteiger partial charge is 0.343 e. The van der Waals surface area contributed by atoms with Crippen molar-refractivity contribution in [2.75, 3.05) is 0 Å². The molecule has 0 aliphatic heterocycles. The number of halogens is 2. The lowest BCUT2D eigenvalue weighted by molar-refractivity contribution is -0.384. The number of rotatable bonds is 8. The third-order valence-corrected chi connectivity index (χ3v) is 6.97. The minimum atomic E-state index is -0.768. The fourth-order valence-electron chi connectivity index (χ4n) is 3.94. The number of hydrogen-bond donors (Lipinski definition) is 0. The van der Waals surface area contributed by atoms with Gasteiger partial charge < -0.3 is 9.47 Å². The third kappa shape index (κ3) is 6.51. The van der Waals surface area contributed by atoms with Gasteiger partial charge in [0.1, 0.15) is 21.5 Å². The van der Waals surface area contributed by atoms with Crippen molar-refractivity contribution in [3.8, 4) is 11.5 Å². The highest BCUT2D eigenvalue weighted by molar-refractivity contribution is 6.33. The molecule has 208 valence electrons. The Hall–Kier alpha value is -4.80. The Morgan fingerprint density at radius 3 is 1.29 bits per heavy atom. The van der Waals surface area contributed by atoms with Gasteiger partial charge in [0.15, 0.2) is 0 Å². The van der Waals surface area contributed by atoms with E-state index in [4.69, 9.17) is 32.7 Å². The van der Waals surface area contributed by atoms with Crippen LogP contribution in [0, 0.1) is 20.2 Å². The Labute approximate surface area is 243 Å². The van der Waals surface area contributed by atoms with Crippen molar-refractivity contribution in [1.82, 2.24) is 0 Å². The first-order valence-corrected chi connectivity index (χ1v) is 12.7. The molecule has 0 fully saturated rings. The van der Waals surface area contributed by atoms with Gasteiger partial charge in [-0.05, 0) is 59.7 Å². The van der Waals surface area contributed by atoms with Crippen molar-refractivity contribution in [3.63, 3.8) is 0 Å². The standard InChI is InChI=1S/C29H20Cl2N2O8/c1-29(2,19-5-9-21(10-6-19)40-27(34)17-3-13-23(30)25(15-17)32(36)37)20-7-11-22(12-8-20)41-28(35)18-4-14-24(31)26(16-18)33(38)39/h3-16H,1-2H3. The van der Waals surface area contributed by atoms with E-state index in [0.29, 0.717) is 0 Å². The van der Waals surface area contributed by atoms with Gasteiger partial charge in [0.2, 0.25) is 0 Å². The van der Waals surface area contributed by atoms with E-state index < -0.39 is 38.6 Å². The number of nitrogens with zero attached hydrogens (tertiary/aromatic N) is 2. The second-order valence-corrected chi connectivity index (χ2v) is 10.1. The van der Waals surface area contributed by atoms with E-state index in [2.05, 4.69) is 0 Å². The maximum absolute atomic E-state index is 12.5. The number of ether oxygens (including phenoxy) is 2. The van der Waals surface area contributed by atoms with E-state index in [1.54, 1.807) is 48.5 Å². The van der Waals surface area contributed by atoms with Crippen molar-refractivity contribution < 1.29 is 28.9 Å². The minimum absolute atomic E-state index is 0.0133. The molecule has 0 bridgehead atoms. The number of carbonyl (C=O) groups is 2. The SMILES string of the molecule is CC(C)(c1ccc(OC(=O)c2ccc(Cl)c([N+](=O)[O-])c2)cc1)c1ccc(OC(=O)c2ccc(Cl)c([N+](=O)[O-])c2)cc1. The first-order chi connectivity index (χ1) is 19.4. The Bertz CT molecular complexity index is 1550. The summed E-state index contributed by atoms with van der Waals surface area (Å²) in [5.41, 5.74) is 0.455. The van der Waals surface area contributed by atoms with Gasteiger partial charge >= 0.3 is 11.9 Å². The molecular weight excluding hydrogens is 575 g/mol. The number of benzene rings is 4. The van der Waals surface area contributed by atoms with Crippen LogP contribution in [0.25, 0.3) is 0 Å². The normalized spacial score (nSPS) is 11.0. The Morgan fingerprint density at radius 1 is 0.634 bits per heavy atom. The summed E-state index contributed by atoms with van der Waals surface area (Å²) in [6.07, 6.45) is 0. The molecule has 4 aromatic carbocycles. The average molecular weight is 595 g/mol. The molecule has 0 aromatic heterocycles. The predicted molar refractivity (Wildman–Crippen MR) is 151 cm³/mol. The van der Waals surface area contributed by atoms with Crippen molar-refractivity contribution in [2.24, 2.45) is 0 Å². The highest BCUT2D eigenvalue weighted by atomic mass is 35.5. The molecule has 0 saturated heterocycles. The largest absolute Gasteiger partial charge is 0.423 e. The van der Waals surface area contributed by atoms with Gasteiger partial charge in [-0.3, -0.25) is 20.2 Å². The first kappa shape index (κ1) is 29.2. The van der Waals surface area contributed by atoms with Crippen LogP contribution in [0.2, 0.25) is 10.0 Å². The molecule has 41 heavy (non-hydrogen) atoms. The Balaban J connectivity index is 1.44. The molecule has 0 N–H and O–H groups in total. The molecule has 0 aliphatic carbocycles. The van der Waals surface area contributed by atoms with Gasteiger partial charge in [-0.2, -0.15) is 0 Å². The van der Waals surface area contributed by atoms with E-state index in [-0.39, 0.29) is 32.7 Å². The van der Waals surface area contributed by atoms with Crippen molar-refractivity contribution in [1.29, 1.82) is 0 Å². The van der Waals surface area contributed by atoms with Crippen molar-refractivity contribution in [3.05, 3.63) is 137 Å². The number of nitro benzene ring substituents is 2. The zero-order chi connectivity index (χ0) is 29.9. The molecular formula is C29H20Cl2N2O8. The summed E-state index contributed by atoms with van der Waals surface area (Å²) in [6.45, 7) is 3.96. The second kappa shape index (κ2) is 11.7. The van der Waals surface area contributed by atoms with Crippen LogP contribution in [0.1, 0.15) is 45.7 Å².